The molecule has 0 radical (unpaired) electrons. The minimum Gasteiger partial charge on any atom is -0.339 e. The van der Waals surface area contributed by atoms with Crippen LogP contribution >= 0.6 is 0 Å². The van der Waals surface area contributed by atoms with E-state index in [0.717, 1.165) is 32.1 Å². The first-order chi connectivity index (χ1) is 8.96. The molecule has 0 saturated heterocycles. The molecule has 1 aliphatic carbocycles. The van der Waals surface area contributed by atoms with Crippen molar-refractivity contribution in [3.05, 3.63) is 0 Å². The van der Waals surface area contributed by atoms with Crippen molar-refractivity contribution in [2.75, 3.05) is 18.8 Å². The molecular weight excluding hydrogens is 264 g/mol. The molecule has 0 spiro atoms. The molecule has 1 rings (SSSR count). The highest BCUT2D eigenvalue weighted by Gasteiger charge is 2.24. The van der Waals surface area contributed by atoms with Gasteiger partial charge in [-0.05, 0) is 19.3 Å². The fourth-order valence-corrected chi connectivity index (χ4v) is 3.76. The molecule has 1 N–H and O–H groups in total. The van der Waals surface area contributed by atoms with Gasteiger partial charge in [0.2, 0.25) is 15.9 Å². The van der Waals surface area contributed by atoms with Crippen LogP contribution in [0.1, 0.15) is 52.4 Å². The topological polar surface area (TPSA) is 66.5 Å². The van der Waals surface area contributed by atoms with Crippen LogP contribution in [0.2, 0.25) is 0 Å². The lowest BCUT2D eigenvalue weighted by Crippen LogP contribution is -2.42. The Bertz CT molecular complexity index is 375. The molecule has 0 heterocycles. The maximum Gasteiger partial charge on any atom is 0.219 e. The first-order valence-corrected chi connectivity index (χ1v) is 8.86. The molecule has 1 aliphatic rings. The molecular formula is C13H26N2O3S. The monoisotopic (exact) mass is 290 g/mol. The number of rotatable bonds is 8. The number of unbranched alkanes of at least 4 members (excludes halogenated alkanes) is 1. The molecule has 0 bridgehead atoms. The van der Waals surface area contributed by atoms with Crippen molar-refractivity contribution in [1.29, 1.82) is 0 Å². The number of hydrogen-bond donors (Lipinski definition) is 1. The zero-order chi connectivity index (χ0) is 14.3. The molecule has 0 aliphatic heterocycles. The highest BCUT2D eigenvalue weighted by Crippen LogP contribution is 2.23. The number of carbonyl (C=O) groups is 1. The molecule has 0 aromatic rings. The lowest BCUT2D eigenvalue weighted by molar-refractivity contribution is -0.130. The van der Waals surface area contributed by atoms with Crippen LogP contribution in [0, 0.1) is 0 Å². The number of sulfonamides is 1. The minimum atomic E-state index is -3.18. The van der Waals surface area contributed by atoms with Gasteiger partial charge in [-0.25, -0.2) is 13.1 Å². The second-order valence-electron chi connectivity index (χ2n) is 5.22. The zero-order valence-corrected chi connectivity index (χ0v) is 12.8. The van der Waals surface area contributed by atoms with Gasteiger partial charge in [-0.15, -0.1) is 0 Å². The lowest BCUT2D eigenvalue weighted by atomic mass is 10.2. The van der Waals surface area contributed by atoms with Gasteiger partial charge in [0.15, 0.2) is 0 Å². The van der Waals surface area contributed by atoms with Gasteiger partial charge in [0.1, 0.15) is 0 Å². The third kappa shape index (κ3) is 5.91. The first-order valence-electron chi connectivity index (χ1n) is 7.21. The molecule has 5 nitrogen and oxygen atoms in total. The Hall–Kier alpha value is -0.620. The predicted molar refractivity (Wildman–Crippen MR) is 76.3 cm³/mol. The molecule has 0 unspecified atom stereocenters. The van der Waals surface area contributed by atoms with Crippen molar-refractivity contribution in [1.82, 2.24) is 9.62 Å². The van der Waals surface area contributed by atoms with Crippen molar-refractivity contribution in [2.45, 2.75) is 58.4 Å². The van der Waals surface area contributed by atoms with Crippen molar-refractivity contribution in [3.63, 3.8) is 0 Å². The smallest absolute Gasteiger partial charge is 0.219 e. The van der Waals surface area contributed by atoms with Gasteiger partial charge in [-0.3, -0.25) is 4.79 Å². The summed E-state index contributed by atoms with van der Waals surface area (Å²) in [6, 6.07) is 0.303. The summed E-state index contributed by atoms with van der Waals surface area (Å²) in [5, 5.41) is 0. The van der Waals surface area contributed by atoms with E-state index in [4.69, 9.17) is 0 Å². The van der Waals surface area contributed by atoms with Gasteiger partial charge < -0.3 is 4.90 Å². The summed E-state index contributed by atoms with van der Waals surface area (Å²) in [5.74, 6) is 0.215. The Kier molecular flexibility index (Phi) is 6.79. The summed E-state index contributed by atoms with van der Waals surface area (Å²) in [7, 11) is -3.18. The average molecular weight is 290 g/mol. The molecule has 1 fully saturated rings. The van der Waals surface area contributed by atoms with Crippen molar-refractivity contribution < 1.29 is 13.2 Å². The van der Waals surface area contributed by atoms with Crippen LogP contribution in [0.25, 0.3) is 0 Å². The molecule has 6 heteroatoms. The van der Waals surface area contributed by atoms with Crippen LogP contribution in [0.15, 0.2) is 0 Å². The van der Waals surface area contributed by atoms with Gasteiger partial charge >= 0.3 is 0 Å². The van der Waals surface area contributed by atoms with Gasteiger partial charge in [-0.1, -0.05) is 26.2 Å². The van der Waals surface area contributed by atoms with Crippen LogP contribution in [0.3, 0.4) is 0 Å². The van der Waals surface area contributed by atoms with E-state index in [1.807, 2.05) is 11.8 Å². The normalized spacial score (nSPS) is 16.7. The van der Waals surface area contributed by atoms with Crippen LogP contribution in [-0.2, 0) is 14.8 Å². The average Bonchev–Trinajstić information content (AvgIpc) is 2.85. The SMILES string of the molecule is CCCCS(=O)(=O)NCCN(C(C)=O)C1CCCC1. The van der Waals surface area contributed by atoms with Gasteiger partial charge in [0.05, 0.1) is 5.75 Å². The highest BCUT2D eigenvalue weighted by atomic mass is 32.2. The van der Waals surface area contributed by atoms with E-state index in [-0.39, 0.29) is 11.7 Å². The standard InChI is InChI=1S/C13H26N2O3S/c1-3-4-11-19(17,18)14-9-10-15(12(2)16)13-7-5-6-8-13/h13-14H,3-11H2,1-2H3. The Morgan fingerprint density at radius 1 is 1.32 bits per heavy atom. The Balaban J connectivity index is 2.38. The van der Waals surface area contributed by atoms with Crippen molar-refractivity contribution >= 4 is 15.9 Å². The van der Waals surface area contributed by atoms with Gasteiger partial charge in [-0.2, -0.15) is 0 Å². The highest BCUT2D eigenvalue weighted by molar-refractivity contribution is 7.89. The van der Waals surface area contributed by atoms with E-state index < -0.39 is 10.0 Å². The number of nitrogens with zero attached hydrogens (tertiary/aromatic N) is 1. The van der Waals surface area contributed by atoms with Gasteiger partial charge in [0.25, 0.3) is 0 Å². The fourth-order valence-electron chi connectivity index (χ4n) is 2.54. The maximum absolute atomic E-state index is 11.6. The second kappa shape index (κ2) is 7.85. The largest absolute Gasteiger partial charge is 0.339 e. The van der Waals surface area contributed by atoms with Crippen LogP contribution in [0.4, 0.5) is 0 Å². The molecule has 0 atom stereocenters. The molecule has 1 amide bonds. The van der Waals surface area contributed by atoms with E-state index in [1.165, 1.54) is 0 Å². The van der Waals surface area contributed by atoms with Crippen molar-refractivity contribution in [3.8, 4) is 0 Å². The second-order valence-corrected chi connectivity index (χ2v) is 7.14. The van der Waals surface area contributed by atoms with E-state index in [0.29, 0.717) is 25.6 Å². The zero-order valence-electron chi connectivity index (χ0n) is 12.0. The molecule has 19 heavy (non-hydrogen) atoms. The third-order valence-corrected chi connectivity index (χ3v) is 5.08. The summed E-state index contributed by atoms with van der Waals surface area (Å²) in [4.78, 5) is 13.4. The van der Waals surface area contributed by atoms with Crippen LogP contribution in [-0.4, -0.2) is 44.1 Å². The van der Waals surface area contributed by atoms with Gasteiger partial charge in [0, 0.05) is 26.1 Å². The molecule has 1 saturated carbocycles. The van der Waals surface area contributed by atoms with Crippen molar-refractivity contribution in [2.24, 2.45) is 0 Å². The quantitative estimate of drug-likeness (QED) is 0.736. The molecule has 112 valence electrons. The van der Waals surface area contributed by atoms with E-state index in [2.05, 4.69) is 4.72 Å². The third-order valence-electron chi connectivity index (χ3n) is 3.61. The van der Waals surface area contributed by atoms with E-state index >= 15 is 0 Å². The Labute approximate surface area is 116 Å². The Morgan fingerprint density at radius 3 is 2.47 bits per heavy atom. The number of nitrogens with one attached hydrogen (secondary N) is 1. The van der Waals surface area contributed by atoms with E-state index in [1.54, 1.807) is 6.92 Å². The van der Waals surface area contributed by atoms with Crippen LogP contribution < -0.4 is 4.72 Å². The number of amides is 1. The maximum atomic E-state index is 11.6. The number of carbonyl (C=O) groups excluding carboxylic acids is 1. The first kappa shape index (κ1) is 16.4. The number of hydrogen-bond acceptors (Lipinski definition) is 3. The minimum absolute atomic E-state index is 0.0413. The Morgan fingerprint density at radius 2 is 1.95 bits per heavy atom. The molecule has 0 aromatic heterocycles. The van der Waals surface area contributed by atoms with E-state index in [9.17, 15) is 13.2 Å². The summed E-state index contributed by atoms with van der Waals surface area (Å²) in [6.45, 7) is 4.32. The summed E-state index contributed by atoms with van der Waals surface area (Å²) < 4.78 is 25.9. The summed E-state index contributed by atoms with van der Waals surface area (Å²) >= 11 is 0. The summed E-state index contributed by atoms with van der Waals surface area (Å²) in [6.07, 6.45) is 5.95. The molecule has 0 aromatic carbocycles. The van der Waals surface area contributed by atoms with Crippen LogP contribution in [0.5, 0.6) is 0 Å². The predicted octanol–water partition coefficient (Wildman–Crippen LogP) is 1.50. The fraction of sp³-hybridized carbons (Fsp3) is 0.923. The lowest BCUT2D eigenvalue weighted by Gasteiger charge is -2.27. The summed E-state index contributed by atoms with van der Waals surface area (Å²) in [5.41, 5.74) is 0.